The maximum atomic E-state index is 6.02. The molecule has 0 N–H and O–H groups in total. The minimum Gasteiger partial charge on any atom is -0.493 e. The fourth-order valence-corrected chi connectivity index (χ4v) is 2.64. The number of hydrogen-bond acceptors (Lipinski definition) is 3. The van der Waals surface area contributed by atoms with Crippen molar-refractivity contribution in [1.29, 1.82) is 0 Å². The Balaban J connectivity index is 1.93. The summed E-state index contributed by atoms with van der Waals surface area (Å²) in [6.07, 6.45) is 7.31. The summed E-state index contributed by atoms with van der Waals surface area (Å²) in [5.41, 5.74) is 2.48. The lowest BCUT2D eigenvalue weighted by molar-refractivity contribution is 0.106. The molecule has 3 radical (unpaired) electrons. The average Bonchev–Trinajstić information content (AvgIpc) is 3.36. The van der Waals surface area contributed by atoms with E-state index in [2.05, 4.69) is 29.5 Å². The second-order valence-electron chi connectivity index (χ2n) is 5.96. The van der Waals surface area contributed by atoms with Crippen LogP contribution in [0.2, 0.25) is 0 Å². The summed E-state index contributed by atoms with van der Waals surface area (Å²) in [6, 6.07) is 6.23. The van der Waals surface area contributed by atoms with Crippen LogP contribution in [0.15, 0.2) is 18.2 Å². The molecule has 1 atom stereocenters. The Morgan fingerprint density at radius 1 is 1.23 bits per heavy atom. The molecule has 0 bridgehead atoms. The van der Waals surface area contributed by atoms with E-state index in [-0.39, 0.29) is 6.10 Å². The van der Waals surface area contributed by atoms with Crippen LogP contribution in [-0.4, -0.2) is 29.8 Å². The van der Waals surface area contributed by atoms with Gasteiger partial charge < -0.3 is 13.9 Å². The van der Waals surface area contributed by atoms with E-state index in [0.29, 0.717) is 12.7 Å². The van der Waals surface area contributed by atoms with Gasteiger partial charge in [0, 0.05) is 6.42 Å². The smallest absolute Gasteiger partial charge is 0.247 e. The van der Waals surface area contributed by atoms with Gasteiger partial charge in [0.2, 0.25) is 10.5 Å². The van der Waals surface area contributed by atoms with Gasteiger partial charge in [-0.05, 0) is 49.8 Å². The summed E-state index contributed by atoms with van der Waals surface area (Å²) in [5, 5.41) is 0. The van der Waals surface area contributed by atoms with Gasteiger partial charge in [0.25, 0.3) is 0 Å². The number of unbranched alkanes of at least 4 members (excludes halogenated alkanes) is 1. The minimum atomic E-state index is 0.0188. The highest BCUT2D eigenvalue weighted by Gasteiger charge is 2.21. The van der Waals surface area contributed by atoms with E-state index in [9.17, 15) is 0 Å². The predicted octanol–water partition coefficient (Wildman–Crippen LogP) is 4.14. The van der Waals surface area contributed by atoms with E-state index in [4.69, 9.17) is 13.9 Å². The lowest BCUT2D eigenvalue weighted by Crippen LogP contribution is -2.08. The van der Waals surface area contributed by atoms with Crippen LogP contribution >= 0.6 is 0 Å². The minimum absolute atomic E-state index is 0.0188. The quantitative estimate of drug-likeness (QED) is 0.453. The highest BCUT2D eigenvalue weighted by atomic mass is 28.2. The van der Waals surface area contributed by atoms with Crippen LogP contribution in [0.5, 0.6) is 5.75 Å². The highest BCUT2D eigenvalue weighted by molar-refractivity contribution is 5.98. The van der Waals surface area contributed by atoms with Gasteiger partial charge in [-0.1, -0.05) is 25.5 Å². The summed E-state index contributed by atoms with van der Waals surface area (Å²) in [6.45, 7) is 5.77. The van der Waals surface area contributed by atoms with E-state index in [1.807, 2.05) is 13.0 Å². The third-order valence-corrected chi connectivity index (χ3v) is 4.34. The monoisotopic (exact) mass is 319 g/mol. The van der Waals surface area contributed by atoms with Crippen LogP contribution in [0.4, 0.5) is 0 Å². The second kappa shape index (κ2) is 9.33. The van der Waals surface area contributed by atoms with Crippen LogP contribution in [0, 0.1) is 0 Å². The fourth-order valence-electron chi connectivity index (χ4n) is 2.51. The Kier molecular flexibility index (Phi) is 7.43. The van der Waals surface area contributed by atoms with E-state index in [0.717, 1.165) is 31.6 Å². The first kappa shape index (κ1) is 17.5. The van der Waals surface area contributed by atoms with Crippen molar-refractivity contribution in [1.82, 2.24) is 0 Å². The molecule has 121 valence electrons. The van der Waals surface area contributed by atoms with Gasteiger partial charge >= 0.3 is 0 Å². The molecular formula is C18H27O3Si. The van der Waals surface area contributed by atoms with Crippen molar-refractivity contribution in [2.75, 3.05) is 13.2 Å². The molecule has 3 nitrogen and oxygen atoms in total. The molecule has 1 aliphatic rings. The molecule has 1 aliphatic carbocycles. The third-order valence-electron chi connectivity index (χ3n) is 3.99. The number of benzene rings is 1. The van der Waals surface area contributed by atoms with E-state index >= 15 is 0 Å². The van der Waals surface area contributed by atoms with E-state index in [1.54, 1.807) is 0 Å². The molecule has 22 heavy (non-hydrogen) atoms. The molecule has 0 amide bonds. The topological polar surface area (TPSA) is 27.7 Å². The van der Waals surface area contributed by atoms with Crippen LogP contribution < -0.4 is 4.74 Å². The Labute approximate surface area is 137 Å². The maximum Gasteiger partial charge on any atom is 0.247 e. The van der Waals surface area contributed by atoms with Gasteiger partial charge in [-0.3, -0.25) is 0 Å². The molecule has 0 spiro atoms. The highest BCUT2D eigenvalue weighted by Crippen LogP contribution is 2.30. The molecule has 0 heterocycles. The normalized spacial score (nSPS) is 15.8. The molecule has 0 saturated heterocycles. The van der Waals surface area contributed by atoms with Crippen molar-refractivity contribution in [2.24, 2.45) is 0 Å². The summed E-state index contributed by atoms with van der Waals surface area (Å²) in [5.74, 6) is 0.993. The zero-order chi connectivity index (χ0) is 15.8. The Morgan fingerprint density at radius 2 is 2.05 bits per heavy atom. The summed E-state index contributed by atoms with van der Waals surface area (Å²) in [4.78, 5) is 0. The Hall–Kier alpha value is -0.843. The molecule has 1 aromatic carbocycles. The molecule has 0 aliphatic heterocycles. The van der Waals surface area contributed by atoms with Gasteiger partial charge in [-0.2, -0.15) is 0 Å². The van der Waals surface area contributed by atoms with Crippen molar-refractivity contribution >= 4 is 10.5 Å². The van der Waals surface area contributed by atoms with Crippen LogP contribution in [0.25, 0.3) is 0 Å². The molecule has 1 fully saturated rings. The molecule has 1 unspecified atom stereocenters. The molecule has 1 aromatic rings. The van der Waals surface area contributed by atoms with Crippen molar-refractivity contribution in [3.8, 4) is 5.75 Å². The van der Waals surface area contributed by atoms with Crippen molar-refractivity contribution in [3.63, 3.8) is 0 Å². The fraction of sp³-hybridized carbons (Fsp3) is 0.667. The standard InChI is InChI=1S/C18H27O3Si/c1-3-4-7-17-16(14(2)21-22)8-5-9-18(17)20-13-6-12-19-15-10-11-15/h5,8-9,14-15H,3-4,6-7,10-13H2,1-2H3. The third kappa shape index (κ3) is 5.41. The average molecular weight is 319 g/mol. The Morgan fingerprint density at radius 3 is 2.73 bits per heavy atom. The van der Waals surface area contributed by atoms with Crippen molar-refractivity contribution in [2.45, 2.75) is 64.6 Å². The Bertz CT molecular complexity index is 446. The molecule has 1 saturated carbocycles. The van der Waals surface area contributed by atoms with Gasteiger partial charge in [0.1, 0.15) is 5.75 Å². The van der Waals surface area contributed by atoms with Crippen LogP contribution in [-0.2, 0) is 15.6 Å². The van der Waals surface area contributed by atoms with Gasteiger partial charge in [0.05, 0.1) is 25.4 Å². The first-order chi connectivity index (χ1) is 10.8. The second-order valence-corrected chi connectivity index (χ2v) is 6.20. The zero-order valence-corrected chi connectivity index (χ0v) is 14.8. The largest absolute Gasteiger partial charge is 0.493 e. The number of ether oxygens (including phenoxy) is 2. The van der Waals surface area contributed by atoms with Gasteiger partial charge in [0.15, 0.2) is 0 Å². The van der Waals surface area contributed by atoms with Crippen LogP contribution in [0.3, 0.4) is 0 Å². The lowest BCUT2D eigenvalue weighted by Gasteiger charge is -2.19. The number of rotatable bonds is 11. The molecule has 2 rings (SSSR count). The summed E-state index contributed by atoms with van der Waals surface area (Å²) >= 11 is 0. The molecular weight excluding hydrogens is 292 g/mol. The lowest BCUT2D eigenvalue weighted by atomic mass is 9.97. The van der Waals surface area contributed by atoms with Gasteiger partial charge in [-0.15, -0.1) is 0 Å². The van der Waals surface area contributed by atoms with Crippen LogP contribution in [0.1, 0.15) is 63.2 Å². The predicted molar refractivity (Wildman–Crippen MR) is 89.4 cm³/mol. The van der Waals surface area contributed by atoms with Crippen molar-refractivity contribution < 1.29 is 13.9 Å². The first-order valence-corrected chi connectivity index (χ1v) is 8.85. The van der Waals surface area contributed by atoms with E-state index < -0.39 is 0 Å². The molecule has 0 aromatic heterocycles. The van der Waals surface area contributed by atoms with Crippen molar-refractivity contribution in [3.05, 3.63) is 29.3 Å². The zero-order valence-electron chi connectivity index (χ0n) is 13.8. The first-order valence-electron chi connectivity index (χ1n) is 8.44. The molecule has 4 heteroatoms. The van der Waals surface area contributed by atoms with Gasteiger partial charge in [-0.25, -0.2) is 0 Å². The summed E-state index contributed by atoms with van der Waals surface area (Å²) in [7, 11) is 3.16. The van der Waals surface area contributed by atoms with E-state index in [1.165, 1.54) is 30.4 Å². The SMILES string of the molecule is CCCCc1c(OCCCOC2CC2)cccc1C(C)O[Si]. The summed E-state index contributed by atoms with van der Waals surface area (Å²) < 4.78 is 17.0. The maximum absolute atomic E-state index is 6.02. The number of hydrogen-bond donors (Lipinski definition) is 0.